The summed E-state index contributed by atoms with van der Waals surface area (Å²) in [6.45, 7) is 0.0613. The van der Waals surface area contributed by atoms with Crippen LogP contribution in [0.3, 0.4) is 0 Å². The summed E-state index contributed by atoms with van der Waals surface area (Å²) >= 11 is 0.681. The highest BCUT2D eigenvalue weighted by Gasteiger charge is 2.18. The van der Waals surface area contributed by atoms with Crippen molar-refractivity contribution >= 4 is 38.1 Å². The van der Waals surface area contributed by atoms with Crippen LogP contribution in [-0.4, -0.2) is 42.3 Å². The Bertz CT molecular complexity index is 533. The van der Waals surface area contributed by atoms with Crippen LogP contribution in [0.1, 0.15) is 9.67 Å². The number of aromatic carboxylic acids is 1. The average molecular weight is 297 g/mol. The summed E-state index contributed by atoms with van der Waals surface area (Å²) < 4.78 is 36.3. The highest BCUT2D eigenvalue weighted by Crippen LogP contribution is 2.21. The van der Waals surface area contributed by atoms with Gasteiger partial charge in [0.05, 0.1) is 0 Å². The monoisotopic (exact) mass is 297 g/mol. The van der Waals surface area contributed by atoms with Crippen LogP contribution in [0.4, 0.5) is 0 Å². The lowest BCUT2D eigenvalue weighted by Gasteiger charge is -2.02. The first-order chi connectivity index (χ1) is 7.83. The highest BCUT2D eigenvalue weighted by atomic mass is 32.2. The fraction of sp³-hybridized carbons (Fsp3) is 0.375. The smallest absolute Gasteiger partial charge is 0.345 e. The summed E-state index contributed by atoms with van der Waals surface area (Å²) in [6, 6.07) is 2.47. The van der Waals surface area contributed by atoms with Gasteiger partial charge in [-0.25, -0.2) is 17.9 Å². The molecule has 0 spiro atoms. The molecule has 1 aromatic heterocycles. The highest BCUT2D eigenvalue weighted by molar-refractivity contribution is 7.91. The molecule has 6 nitrogen and oxygen atoms in total. The third-order valence-electron chi connectivity index (χ3n) is 1.74. The summed E-state index contributed by atoms with van der Waals surface area (Å²) in [5, 5.41) is 8.67. The van der Waals surface area contributed by atoms with E-state index < -0.39 is 26.8 Å². The number of hydrogen-bond donors (Lipinski definition) is 2. The first kappa shape index (κ1) is 14.3. The van der Waals surface area contributed by atoms with Gasteiger partial charge in [0, 0.05) is 29.4 Å². The fourth-order valence-electron chi connectivity index (χ4n) is 0.970. The van der Waals surface area contributed by atoms with E-state index in [0.29, 0.717) is 11.3 Å². The Morgan fingerprint density at radius 3 is 2.65 bits per heavy atom. The topological polar surface area (TPSA) is 101 Å². The SMILES string of the molecule is CS(=O)CCNS(=O)(=O)c1ccc(C(=O)O)s1. The molecule has 0 aliphatic rings. The zero-order valence-corrected chi connectivity index (χ0v) is 11.3. The van der Waals surface area contributed by atoms with Gasteiger partial charge in [-0.3, -0.25) is 4.21 Å². The molecule has 17 heavy (non-hydrogen) atoms. The molecule has 2 N–H and O–H groups in total. The number of rotatable bonds is 6. The second-order valence-electron chi connectivity index (χ2n) is 3.10. The van der Waals surface area contributed by atoms with E-state index in [2.05, 4.69) is 4.72 Å². The molecule has 0 aliphatic heterocycles. The molecule has 1 heterocycles. The summed E-state index contributed by atoms with van der Waals surface area (Å²) in [6.07, 6.45) is 1.47. The average Bonchev–Trinajstić information content (AvgIpc) is 2.65. The van der Waals surface area contributed by atoms with E-state index in [-0.39, 0.29) is 21.4 Å². The Balaban J connectivity index is 2.75. The van der Waals surface area contributed by atoms with Crippen LogP contribution in [0.5, 0.6) is 0 Å². The van der Waals surface area contributed by atoms with E-state index in [1.807, 2.05) is 0 Å². The van der Waals surface area contributed by atoms with Crippen molar-refractivity contribution in [2.24, 2.45) is 0 Å². The third-order valence-corrected chi connectivity index (χ3v) is 5.54. The number of hydrogen-bond acceptors (Lipinski definition) is 5. The Morgan fingerprint density at radius 2 is 2.18 bits per heavy atom. The molecule has 0 amide bonds. The molecule has 0 aromatic carbocycles. The lowest BCUT2D eigenvalue weighted by molar-refractivity contribution is 0.0702. The zero-order chi connectivity index (χ0) is 13.1. The lowest BCUT2D eigenvalue weighted by atomic mass is 10.5. The molecule has 0 saturated heterocycles. The van der Waals surface area contributed by atoms with E-state index in [1.165, 1.54) is 18.4 Å². The van der Waals surface area contributed by atoms with Crippen LogP contribution in [0.25, 0.3) is 0 Å². The third kappa shape index (κ3) is 4.19. The molecule has 1 rings (SSSR count). The van der Waals surface area contributed by atoms with Gasteiger partial charge in [-0.15, -0.1) is 11.3 Å². The number of carbonyl (C=O) groups is 1. The Morgan fingerprint density at radius 1 is 1.53 bits per heavy atom. The van der Waals surface area contributed by atoms with E-state index >= 15 is 0 Å². The molecule has 0 saturated carbocycles. The van der Waals surface area contributed by atoms with Gasteiger partial charge in [-0.2, -0.15) is 0 Å². The Kier molecular flexibility index (Phi) is 4.80. The summed E-state index contributed by atoms with van der Waals surface area (Å²) in [5.41, 5.74) is 0. The van der Waals surface area contributed by atoms with E-state index in [4.69, 9.17) is 5.11 Å². The van der Waals surface area contributed by atoms with Gasteiger partial charge in [0.2, 0.25) is 10.0 Å². The zero-order valence-electron chi connectivity index (χ0n) is 8.87. The molecular weight excluding hydrogens is 286 g/mol. The van der Waals surface area contributed by atoms with E-state index in [9.17, 15) is 17.4 Å². The molecule has 1 unspecified atom stereocenters. The van der Waals surface area contributed by atoms with Crippen molar-refractivity contribution < 1.29 is 22.5 Å². The summed E-state index contributed by atoms with van der Waals surface area (Å²) in [4.78, 5) is 10.6. The minimum atomic E-state index is -3.70. The maximum Gasteiger partial charge on any atom is 0.345 e. The largest absolute Gasteiger partial charge is 0.477 e. The molecule has 9 heteroatoms. The van der Waals surface area contributed by atoms with Crippen molar-refractivity contribution in [3.63, 3.8) is 0 Å². The molecule has 0 bridgehead atoms. The van der Waals surface area contributed by atoms with Gasteiger partial charge in [-0.1, -0.05) is 0 Å². The Hall–Kier alpha value is -0.770. The van der Waals surface area contributed by atoms with Crippen molar-refractivity contribution in [3.05, 3.63) is 17.0 Å². The minimum Gasteiger partial charge on any atom is -0.477 e. The van der Waals surface area contributed by atoms with Crippen molar-refractivity contribution in [2.45, 2.75) is 4.21 Å². The number of carboxylic acid groups (broad SMARTS) is 1. The van der Waals surface area contributed by atoms with Gasteiger partial charge in [-0.05, 0) is 12.1 Å². The number of thiophene rings is 1. The quantitative estimate of drug-likeness (QED) is 0.776. The maximum atomic E-state index is 11.7. The summed E-state index contributed by atoms with van der Waals surface area (Å²) in [5.74, 6) is -0.942. The summed E-state index contributed by atoms with van der Waals surface area (Å²) in [7, 11) is -4.77. The van der Waals surface area contributed by atoms with Gasteiger partial charge < -0.3 is 5.11 Å². The number of sulfonamides is 1. The number of carboxylic acids is 1. The normalized spacial score (nSPS) is 13.5. The van der Waals surface area contributed by atoms with Gasteiger partial charge in [0.15, 0.2) is 0 Å². The molecule has 0 radical (unpaired) electrons. The van der Waals surface area contributed by atoms with Crippen molar-refractivity contribution in [2.75, 3.05) is 18.6 Å². The molecule has 96 valence electrons. The molecule has 0 fully saturated rings. The van der Waals surface area contributed by atoms with Gasteiger partial charge in [0.25, 0.3) is 0 Å². The van der Waals surface area contributed by atoms with Crippen LogP contribution in [0, 0.1) is 0 Å². The minimum absolute atomic E-state index is 0.0376. The van der Waals surface area contributed by atoms with Gasteiger partial charge in [0.1, 0.15) is 9.09 Å². The van der Waals surface area contributed by atoms with E-state index in [0.717, 1.165) is 0 Å². The number of nitrogens with one attached hydrogen (secondary N) is 1. The van der Waals surface area contributed by atoms with Crippen molar-refractivity contribution in [1.82, 2.24) is 4.72 Å². The maximum absolute atomic E-state index is 11.7. The van der Waals surface area contributed by atoms with Crippen molar-refractivity contribution in [1.29, 1.82) is 0 Å². The lowest BCUT2D eigenvalue weighted by Crippen LogP contribution is -2.27. The molecular formula is C8H11NO5S3. The van der Waals surface area contributed by atoms with Crippen LogP contribution >= 0.6 is 11.3 Å². The van der Waals surface area contributed by atoms with E-state index in [1.54, 1.807) is 0 Å². The van der Waals surface area contributed by atoms with Crippen LogP contribution in [-0.2, 0) is 20.8 Å². The van der Waals surface area contributed by atoms with Crippen molar-refractivity contribution in [3.8, 4) is 0 Å². The fourth-order valence-corrected chi connectivity index (χ4v) is 3.71. The molecule has 1 aromatic rings. The second kappa shape index (κ2) is 5.71. The van der Waals surface area contributed by atoms with Gasteiger partial charge >= 0.3 is 5.97 Å². The predicted octanol–water partition coefficient (Wildman–Crippen LogP) is 0.103. The second-order valence-corrected chi connectivity index (χ2v) is 7.73. The first-order valence-electron chi connectivity index (χ1n) is 4.46. The van der Waals surface area contributed by atoms with Crippen LogP contribution < -0.4 is 4.72 Å². The van der Waals surface area contributed by atoms with Crippen LogP contribution in [0.2, 0.25) is 0 Å². The van der Waals surface area contributed by atoms with Crippen LogP contribution in [0.15, 0.2) is 16.3 Å². The Labute approximate surface area is 105 Å². The molecule has 0 aliphatic carbocycles. The molecule has 1 atom stereocenters. The predicted molar refractivity (Wildman–Crippen MR) is 65.4 cm³/mol. The first-order valence-corrected chi connectivity index (χ1v) is 8.48. The standard InChI is InChI=1S/C8H11NO5S3/c1-16(12)5-4-9-17(13,14)7-3-2-6(15-7)8(10)11/h2-3,9H,4-5H2,1H3,(H,10,11).